The van der Waals surface area contributed by atoms with E-state index in [1.54, 1.807) is 0 Å². The van der Waals surface area contributed by atoms with Crippen LogP contribution in [0, 0.1) is 5.92 Å². The zero-order chi connectivity index (χ0) is 17.4. The van der Waals surface area contributed by atoms with E-state index in [-0.39, 0.29) is 5.91 Å². The van der Waals surface area contributed by atoms with Gasteiger partial charge in [-0.3, -0.25) is 4.79 Å². The highest BCUT2D eigenvalue weighted by Gasteiger charge is 2.16. The fraction of sp³-hybridized carbons (Fsp3) is 0.500. The number of rotatable bonds is 9. The van der Waals surface area contributed by atoms with Crippen molar-refractivity contribution in [1.82, 2.24) is 20.1 Å². The Balaban J connectivity index is 2.09. The largest absolute Gasteiger partial charge is 0.355 e. The molecule has 0 fully saturated rings. The van der Waals surface area contributed by atoms with Gasteiger partial charge in [-0.15, -0.1) is 10.2 Å². The van der Waals surface area contributed by atoms with Gasteiger partial charge in [0.15, 0.2) is 11.0 Å². The number of nitrogens with zero attached hydrogens (tertiary/aromatic N) is 3. The number of carbonyl (C=O) groups excluding carboxylic acids is 1. The van der Waals surface area contributed by atoms with Gasteiger partial charge in [0.25, 0.3) is 0 Å². The van der Waals surface area contributed by atoms with Crippen molar-refractivity contribution in [3.05, 3.63) is 30.3 Å². The second kappa shape index (κ2) is 9.47. The van der Waals surface area contributed by atoms with Crippen molar-refractivity contribution in [2.24, 2.45) is 5.92 Å². The van der Waals surface area contributed by atoms with Crippen LogP contribution in [0.1, 0.15) is 33.6 Å². The topological polar surface area (TPSA) is 59.8 Å². The third-order valence-electron chi connectivity index (χ3n) is 3.48. The van der Waals surface area contributed by atoms with Crippen LogP contribution in [0.3, 0.4) is 0 Å². The van der Waals surface area contributed by atoms with Crippen molar-refractivity contribution in [3.8, 4) is 11.4 Å². The third kappa shape index (κ3) is 5.37. The predicted molar refractivity (Wildman–Crippen MR) is 98.9 cm³/mol. The monoisotopic (exact) mass is 346 g/mol. The summed E-state index contributed by atoms with van der Waals surface area (Å²) in [6.45, 7) is 8.02. The molecule has 2 aromatic rings. The molecule has 2 rings (SSSR count). The van der Waals surface area contributed by atoms with Crippen LogP contribution >= 0.6 is 11.8 Å². The van der Waals surface area contributed by atoms with E-state index in [1.807, 2.05) is 30.3 Å². The second-order valence-electron chi connectivity index (χ2n) is 6.17. The molecule has 6 heteroatoms. The minimum atomic E-state index is 0.0498. The minimum absolute atomic E-state index is 0.0498. The van der Waals surface area contributed by atoms with Gasteiger partial charge in [-0.1, -0.05) is 69.3 Å². The summed E-state index contributed by atoms with van der Waals surface area (Å²) in [5, 5.41) is 12.4. The van der Waals surface area contributed by atoms with Crippen LogP contribution in [0.2, 0.25) is 0 Å². The quantitative estimate of drug-likeness (QED) is 0.556. The van der Waals surface area contributed by atoms with Crippen molar-refractivity contribution in [2.75, 3.05) is 12.3 Å². The normalized spacial score (nSPS) is 11.0. The summed E-state index contributed by atoms with van der Waals surface area (Å²) in [5.74, 6) is 1.75. The first-order valence-corrected chi connectivity index (χ1v) is 9.48. The van der Waals surface area contributed by atoms with Crippen LogP contribution < -0.4 is 5.32 Å². The molecule has 5 nitrogen and oxygen atoms in total. The molecular formula is C18H26N4OS. The van der Waals surface area contributed by atoms with Gasteiger partial charge >= 0.3 is 0 Å². The molecule has 0 bridgehead atoms. The summed E-state index contributed by atoms with van der Waals surface area (Å²) in [6.07, 6.45) is 2.09. The Morgan fingerprint density at radius 3 is 2.67 bits per heavy atom. The lowest BCUT2D eigenvalue weighted by Crippen LogP contribution is -2.26. The Morgan fingerprint density at radius 1 is 1.25 bits per heavy atom. The molecule has 0 radical (unpaired) electrons. The van der Waals surface area contributed by atoms with E-state index in [4.69, 9.17) is 0 Å². The molecule has 1 aromatic heterocycles. The Bertz CT molecular complexity index is 640. The van der Waals surface area contributed by atoms with Gasteiger partial charge in [0.05, 0.1) is 5.75 Å². The molecule has 0 spiro atoms. The summed E-state index contributed by atoms with van der Waals surface area (Å²) in [7, 11) is 0. The smallest absolute Gasteiger partial charge is 0.230 e. The van der Waals surface area contributed by atoms with E-state index < -0.39 is 0 Å². The number of benzene rings is 1. The van der Waals surface area contributed by atoms with E-state index in [0.29, 0.717) is 11.7 Å². The van der Waals surface area contributed by atoms with Gasteiger partial charge in [0.2, 0.25) is 5.91 Å². The zero-order valence-electron chi connectivity index (χ0n) is 14.7. The van der Waals surface area contributed by atoms with E-state index in [1.165, 1.54) is 11.8 Å². The Morgan fingerprint density at radius 2 is 2.00 bits per heavy atom. The van der Waals surface area contributed by atoms with Gasteiger partial charge in [-0.2, -0.15) is 0 Å². The Labute approximate surface area is 148 Å². The highest BCUT2D eigenvalue weighted by atomic mass is 32.2. The number of thioether (sulfide) groups is 1. The standard InChI is InChI=1S/C18H26N4OS/c1-4-5-11-19-16(23)13-24-18-21-20-17(22(18)12-14(2)3)15-9-7-6-8-10-15/h6-10,14H,4-5,11-13H2,1-3H3,(H,19,23). The van der Waals surface area contributed by atoms with E-state index in [9.17, 15) is 4.79 Å². The molecule has 0 saturated carbocycles. The van der Waals surface area contributed by atoms with Gasteiger partial charge < -0.3 is 9.88 Å². The van der Waals surface area contributed by atoms with Crippen LogP contribution in [0.15, 0.2) is 35.5 Å². The molecule has 0 aliphatic carbocycles. The molecule has 1 N–H and O–H groups in total. The fourth-order valence-corrected chi connectivity index (χ4v) is 3.09. The van der Waals surface area contributed by atoms with Crippen LogP contribution in [0.5, 0.6) is 0 Å². The molecule has 0 unspecified atom stereocenters. The van der Waals surface area contributed by atoms with Crippen LogP contribution in [-0.2, 0) is 11.3 Å². The number of nitrogens with one attached hydrogen (secondary N) is 1. The van der Waals surface area contributed by atoms with Gasteiger partial charge in [-0.25, -0.2) is 0 Å². The zero-order valence-corrected chi connectivity index (χ0v) is 15.5. The average Bonchev–Trinajstić information content (AvgIpc) is 2.96. The van der Waals surface area contributed by atoms with Crippen LogP contribution in [0.4, 0.5) is 0 Å². The number of carbonyl (C=O) groups is 1. The molecule has 24 heavy (non-hydrogen) atoms. The van der Waals surface area contributed by atoms with Gasteiger partial charge in [0.1, 0.15) is 0 Å². The van der Waals surface area contributed by atoms with Crippen molar-refractivity contribution in [1.29, 1.82) is 0 Å². The summed E-state index contributed by atoms with van der Waals surface area (Å²) in [4.78, 5) is 11.9. The number of aromatic nitrogens is 3. The first-order valence-electron chi connectivity index (χ1n) is 8.50. The highest BCUT2D eigenvalue weighted by molar-refractivity contribution is 7.99. The first-order chi connectivity index (χ1) is 11.6. The van der Waals surface area contributed by atoms with E-state index >= 15 is 0 Å². The molecule has 1 aromatic carbocycles. The summed E-state index contributed by atoms with van der Waals surface area (Å²) in [5.41, 5.74) is 1.05. The number of hydrogen-bond donors (Lipinski definition) is 1. The lowest BCUT2D eigenvalue weighted by atomic mass is 10.2. The lowest BCUT2D eigenvalue weighted by molar-refractivity contribution is -0.118. The minimum Gasteiger partial charge on any atom is -0.355 e. The second-order valence-corrected chi connectivity index (χ2v) is 7.11. The van der Waals surface area contributed by atoms with Crippen molar-refractivity contribution in [3.63, 3.8) is 0 Å². The number of hydrogen-bond acceptors (Lipinski definition) is 4. The molecule has 0 aliphatic heterocycles. The molecule has 0 aliphatic rings. The van der Waals surface area contributed by atoms with Gasteiger partial charge in [-0.05, 0) is 12.3 Å². The van der Waals surface area contributed by atoms with E-state index in [2.05, 4.69) is 40.9 Å². The third-order valence-corrected chi connectivity index (χ3v) is 4.45. The number of amides is 1. The maximum atomic E-state index is 11.9. The first kappa shape index (κ1) is 18.5. The molecule has 0 saturated heterocycles. The SMILES string of the molecule is CCCCNC(=O)CSc1nnc(-c2ccccc2)n1CC(C)C. The van der Waals surface area contributed by atoms with Crippen molar-refractivity contribution < 1.29 is 4.79 Å². The maximum Gasteiger partial charge on any atom is 0.230 e. The maximum absolute atomic E-state index is 11.9. The van der Waals surface area contributed by atoms with Crippen LogP contribution in [0.25, 0.3) is 11.4 Å². The van der Waals surface area contributed by atoms with Gasteiger partial charge in [0, 0.05) is 18.7 Å². The number of unbranched alkanes of at least 4 members (excludes halogenated alkanes) is 1. The van der Waals surface area contributed by atoms with Crippen molar-refractivity contribution in [2.45, 2.75) is 45.3 Å². The summed E-state index contributed by atoms with van der Waals surface area (Å²) in [6, 6.07) is 10.1. The predicted octanol–water partition coefficient (Wildman–Crippen LogP) is 3.61. The lowest BCUT2D eigenvalue weighted by Gasteiger charge is -2.12. The molecular weight excluding hydrogens is 320 g/mol. The molecule has 130 valence electrons. The summed E-state index contributed by atoms with van der Waals surface area (Å²) >= 11 is 1.45. The fourth-order valence-electron chi connectivity index (χ4n) is 2.31. The molecule has 0 atom stereocenters. The summed E-state index contributed by atoms with van der Waals surface area (Å²) < 4.78 is 2.12. The van der Waals surface area contributed by atoms with Crippen molar-refractivity contribution >= 4 is 17.7 Å². The average molecular weight is 347 g/mol. The Hall–Kier alpha value is -1.82. The van der Waals surface area contributed by atoms with Crippen LogP contribution in [-0.4, -0.2) is 33.0 Å². The molecule has 1 heterocycles. The molecule has 1 amide bonds. The Kier molecular flexibility index (Phi) is 7.31. The van der Waals surface area contributed by atoms with E-state index in [0.717, 1.165) is 42.5 Å². The highest BCUT2D eigenvalue weighted by Crippen LogP contribution is 2.24.